The van der Waals surface area contributed by atoms with E-state index in [9.17, 15) is 9.18 Å². The molecule has 0 aliphatic carbocycles. The summed E-state index contributed by atoms with van der Waals surface area (Å²) in [6.45, 7) is 0.506. The Hall–Kier alpha value is -1.85. The monoisotopic (exact) mass is 199 g/mol. The van der Waals surface area contributed by atoms with Crippen molar-refractivity contribution >= 4 is 11.8 Å². The summed E-state index contributed by atoms with van der Waals surface area (Å²) in [5, 5.41) is 2.83. The zero-order valence-corrected chi connectivity index (χ0v) is 7.37. The molecular weight excluding hydrogens is 189 g/mol. The van der Waals surface area contributed by atoms with Crippen molar-refractivity contribution in [3.8, 4) is 0 Å². The maximum absolute atomic E-state index is 12.5. The molecule has 5 nitrogen and oxygen atoms in total. The van der Waals surface area contributed by atoms with Crippen LogP contribution in [0.2, 0.25) is 0 Å². The van der Waals surface area contributed by atoms with E-state index in [1.165, 1.54) is 12.3 Å². The molecule has 0 saturated carbocycles. The first-order valence-electron chi connectivity index (χ1n) is 3.96. The van der Waals surface area contributed by atoms with Crippen molar-refractivity contribution in [2.24, 2.45) is 5.73 Å². The highest BCUT2D eigenvalue weighted by Gasteiger charge is 1.96. The lowest BCUT2D eigenvalue weighted by Crippen LogP contribution is -2.18. The van der Waals surface area contributed by atoms with Gasteiger partial charge in [-0.3, -0.25) is 0 Å². The van der Waals surface area contributed by atoms with Crippen LogP contribution in [-0.4, -0.2) is 24.2 Å². The van der Waals surface area contributed by atoms with Gasteiger partial charge in [0.05, 0.1) is 0 Å². The van der Waals surface area contributed by atoms with E-state index in [4.69, 9.17) is 5.73 Å². The van der Waals surface area contributed by atoms with Gasteiger partial charge in [0.2, 0.25) is 5.95 Å². The zero-order chi connectivity index (χ0) is 10.4. The molecule has 3 N–H and O–H groups in total. The average molecular weight is 199 g/mol. The number of nitrogens with two attached hydrogens (primary N) is 1. The van der Waals surface area contributed by atoms with Gasteiger partial charge in [0.15, 0.2) is 0 Å². The standard InChI is InChI=1S/C8H10FN3O2/c9-7-5-6(1-2-12-7)11-3-4-14-8(10)13/h1-2,5H,3-4H2,(H2,10,13)(H,11,12). The minimum absolute atomic E-state index is 0.138. The summed E-state index contributed by atoms with van der Waals surface area (Å²) < 4.78 is 17.0. The highest BCUT2D eigenvalue weighted by molar-refractivity contribution is 5.64. The predicted octanol–water partition coefficient (Wildman–Crippen LogP) is 0.728. The quantitative estimate of drug-likeness (QED) is 0.553. The molecule has 1 heterocycles. The van der Waals surface area contributed by atoms with Gasteiger partial charge in [-0.15, -0.1) is 0 Å². The number of hydrogen-bond acceptors (Lipinski definition) is 4. The van der Waals surface area contributed by atoms with Crippen LogP contribution in [-0.2, 0) is 4.74 Å². The van der Waals surface area contributed by atoms with Crippen LogP contribution < -0.4 is 11.1 Å². The lowest BCUT2D eigenvalue weighted by atomic mass is 10.4. The van der Waals surface area contributed by atoms with Crippen molar-refractivity contribution in [2.45, 2.75) is 0 Å². The van der Waals surface area contributed by atoms with Crippen molar-refractivity contribution in [1.82, 2.24) is 4.98 Å². The normalized spacial score (nSPS) is 9.50. The van der Waals surface area contributed by atoms with E-state index in [2.05, 4.69) is 15.0 Å². The lowest BCUT2D eigenvalue weighted by Gasteiger charge is -2.05. The summed E-state index contributed by atoms with van der Waals surface area (Å²) in [5.41, 5.74) is 5.31. The third-order valence-corrected chi connectivity index (χ3v) is 1.40. The molecule has 0 bridgehead atoms. The largest absolute Gasteiger partial charge is 0.448 e. The van der Waals surface area contributed by atoms with Crippen LogP contribution in [0.25, 0.3) is 0 Å². The van der Waals surface area contributed by atoms with Crippen molar-refractivity contribution in [1.29, 1.82) is 0 Å². The number of anilines is 1. The Morgan fingerprint density at radius 2 is 2.50 bits per heavy atom. The summed E-state index contributed by atoms with van der Waals surface area (Å²) in [6, 6.07) is 2.84. The van der Waals surface area contributed by atoms with Gasteiger partial charge in [-0.05, 0) is 6.07 Å². The van der Waals surface area contributed by atoms with Gasteiger partial charge in [-0.2, -0.15) is 4.39 Å². The van der Waals surface area contributed by atoms with E-state index in [-0.39, 0.29) is 6.61 Å². The SMILES string of the molecule is NC(=O)OCCNc1ccnc(F)c1. The molecule has 0 saturated heterocycles. The molecule has 0 aliphatic heterocycles. The molecule has 14 heavy (non-hydrogen) atoms. The van der Waals surface area contributed by atoms with Crippen LogP contribution in [0.15, 0.2) is 18.3 Å². The molecule has 0 atom stereocenters. The van der Waals surface area contributed by atoms with E-state index in [0.29, 0.717) is 12.2 Å². The topological polar surface area (TPSA) is 77.2 Å². The maximum atomic E-state index is 12.5. The summed E-state index contributed by atoms with van der Waals surface area (Å²) in [7, 11) is 0. The first-order chi connectivity index (χ1) is 6.68. The Morgan fingerprint density at radius 3 is 3.14 bits per heavy atom. The highest BCUT2D eigenvalue weighted by Crippen LogP contribution is 2.05. The Labute approximate surface area is 80.1 Å². The average Bonchev–Trinajstić information content (AvgIpc) is 2.12. The number of halogens is 1. The van der Waals surface area contributed by atoms with Crippen LogP contribution in [0.3, 0.4) is 0 Å². The minimum Gasteiger partial charge on any atom is -0.448 e. The Morgan fingerprint density at radius 1 is 1.71 bits per heavy atom. The third-order valence-electron chi connectivity index (χ3n) is 1.40. The van der Waals surface area contributed by atoms with E-state index in [1.807, 2.05) is 0 Å². The van der Waals surface area contributed by atoms with E-state index >= 15 is 0 Å². The van der Waals surface area contributed by atoms with Gasteiger partial charge in [0.25, 0.3) is 0 Å². The molecule has 0 aliphatic rings. The highest BCUT2D eigenvalue weighted by atomic mass is 19.1. The molecule has 0 aromatic carbocycles. The number of carbonyl (C=O) groups is 1. The number of nitrogens with zero attached hydrogens (tertiary/aromatic N) is 1. The fourth-order valence-electron chi connectivity index (χ4n) is 0.859. The molecule has 0 unspecified atom stereocenters. The Bertz CT molecular complexity index is 319. The van der Waals surface area contributed by atoms with Gasteiger partial charge in [-0.1, -0.05) is 0 Å². The summed E-state index contributed by atoms with van der Waals surface area (Å²) in [6.07, 6.45) is 0.514. The Balaban J connectivity index is 2.28. The van der Waals surface area contributed by atoms with E-state index < -0.39 is 12.0 Å². The van der Waals surface area contributed by atoms with Crippen LogP contribution >= 0.6 is 0 Å². The Kier molecular flexibility index (Phi) is 3.66. The van der Waals surface area contributed by atoms with Crippen molar-refractivity contribution in [3.05, 3.63) is 24.3 Å². The van der Waals surface area contributed by atoms with E-state index in [0.717, 1.165) is 0 Å². The van der Waals surface area contributed by atoms with Crippen molar-refractivity contribution < 1.29 is 13.9 Å². The van der Waals surface area contributed by atoms with Crippen molar-refractivity contribution in [3.63, 3.8) is 0 Å². The van der Waals surface area contributed by atoms with Gasteiger partial charge in [0, 0.05) is 24.5 Å². The predicted molar refractivity (Wildman–Crippen MR) is 48.2 cm³/mol. The number of aromatic nitrogens is 1. The number of pyridine rings is 1. The van der Waals surface area contributed by atoms with Crippen LogP contribution in [0.4, 0.5) is 14.9 Å². The second kappa shape index (κ2) is 5.00. The maximum Gasteiger partial charge on any atom is 0.404 e. The number of nitrogens with one attached hydrogen (secondary N) is 1. The third kappa shape index (κ3) is 3.70. The van der Waals surface area contributed by atoms with Crippen LogP contribution in [0, 0.1) is 5.95 Å². The lowest BCUT2D eigenvalue weighted by molar-refractivity contribution is 0.161. The minimum atomic E-state index is -0.826. The van der Waals surface area contributed by atoms with Crippen LogP contribution in [0.1, 0.15) is 0 Å². The molecule has 0 fully saturated rings. The number of amides is 1. The second-order valence-electron chi connectivity index (χ2n) is 2.46. The molecule has 1 rings (SSSR count). The number of primary amides is 1. The number of rotatable bonds is 4. The fraction of sp³-hybridized carbons (Fsp3) is 0.250. The summed E-state index contributed by atoms with van der Waals surface area (Å²) >= 11 is 0. The van der Waals surface area contributed by atoms with Crippen LogP contribution in [0.5, 0.6) is 0 Å². The summed E-state index contributed by atoms with van der Waals surface area (Å²) in [4.78, 5) is 13.6. The van der Waals surface area contributed by atoms with E-state index in [1.54, 1.807) is 6.07 Å². The van der Waals surface area contributed by atoms with Gasteiger partial charge in [0.1, 0.15) is 6.61 Å². The molecule has 1 amide bonds. The van der Waals surface area contributed by atoms with Crippen molar-refractivity contribution in [2.75, 3.05) is 18.5 Å². The first kappa shape index (κ1) is 10.2. The first-order valence-corrected chi connectivity index (χ1v) is 3.96. The smallest absolute Gasteiger partial charge is 0.404 e. The van der Waals surface area contributed by atoms with Gasteiger partial charge < -0.3 is 15.8 Å². The zero-order valence-electron chi connectivity index (χ0n) is 7.37. The molecule has 1 aromatic rings. The molecule has 76 valence electrons. The number of ether oxygens (including phenoxy) is 1. The van der Waals surface area contributed by atoms with Gasteiger partial charge in [-0.25, -0.2) is 9.78 Å². The van der Waals surface area contributed by atoms with Gasteiger partial charge >= 0.3 is 6.09 Å². The summed E-state index contributed by atoms with van der Waals surface area (Å²) in [5.74, 6) is -0.564. The molecule has 0 spiro atoms. The molecule has 1 aromatic heterocycles. The second-order valence-corrected chi connectivity index (χ2v) is 2.46. The molecule has 6 heteroatoms. The fourth-order valence-corrected chi connectivity index (χ4v) is 0.859. The molecular formula is C8H10FN3O2. The number of carbonyl (C=O) groups excluding carboxylic acids is 1. The number of hydrogen-bond donors (Lipinski definition) is 2. The molecule has 0 radical (unpaired) electrons.